The van der Waals surface area contributed by atoms with Crippen LogP contribution in [-0.2, 0) is 12.0 Å². The fourth-order valence-corrected chi connectivity index (χ4v) is 2.87. The van der Waals surface area contributed by atoms with Gasteiger partial charge in [0.15, 0.2) is 11.4 Å². The molecule has 1 amide bonds. The molecule has 144 valence electrons. The zero-order valence-electron chi connectivity index (χ0n) is 16.1. The Morgan fingerprint density at radius 3 is 2.79 bits per heavy atom. The Morgan fingerprint density at radius 2 is 2.11 bits per heavy atom. The number of hydrogen-bond acceptors (Lipinski definition) is 5. The summed E-state index contributed by atoms with van der Waals surface area (Å²) in [6.07, 6.45) is 0.984. The number of carbonyl (C=O) groups is 1. The number of aryl methyl sites for hydroxylation is 1. The molecule has 0 saturated carbocycles. The van der Waals surface area contributed by atoms with Crippen molar-refractivity contribution in [3.05, 3.63) is 41.7 Å². The van der Waals surface area contributed by atoms with Gasteiger partial charge in [-0.05, 0) is 18.6 Å². The van der Waals surface area contributed by atoms with Gasteiger partial charge in [-0.2, -0.15) is 10.4 Å². The fraction of sp³-hybridized carbons (Fsp3) is 0.350. The molecule has 8 nitrogen and oxygen atoms in total. The second kappa shape index (κ2) is 7.64. The lowest BCUT2D eigenvalue weighted by atomic mass is 9.92. The van der Waals surface area contributed by atoms with E-state index in [1.54, 1.807) is 16.7 Å². The first-order valence-corrected chi connectivity index (χ1v) is 9.02. The van der Waals surface area contributed by atoms with E-state index in [1.807, 2.05) is 39.0 Å². The Morgan fingerprint density at radius 1 is 1.36 bits per heavy atom. The number of nitrogens with one attached hydrogen (secondary N) is 1. The van der Waals surface area contributed by atoms with E-state index in [0.29, 0.717) is 24.8 Å². The highest BCUT2D eigenvalue weighted by molar-refractivity contribution is 5.96. The first kappa shape index (κ1) is 19.3. The summed E-state index contributed by atoms with van der Waals surface area (Å²) in [4.78, 5) is 12.4. The van der Waals surface area contributed by atoms with Crippen molar-refractivity contribution in [1.82, 2.24) is 14.8 Å². The van der Waals surface area contributed by atoms with Gasteiger partial charge in [-0.1, -0.05) is 39.0 Å². The number of para-hydroxylation sites is 1. The minimum absolute atomic E-state index is 0.0758. The predicted octanol–water partition coefficient (Wildman–Crippen LogP) is 4.60. The quantitative estimate of drug-likeness (QED) is 0.498. The minimum atomic E-state index is -0.590. The van der Waals surface area contributed by atoms with Crippen molar-refractivity contribution in [2.75, 3.05) is 0 Å². The van der Waals surface area contributed by atoms with Crippen LogP contribution >= 0.6 is 0 Å². The number of aromatic amines is 1. The molecule has 2 aromatic heterocycles. The monoisotopic (exact) mass is 378 g/mol. The van der Waals surface area contributed by atoms with Gasteiger partial charge in [0.05, 0.1) is 11.6 Å². The third-order valence-electron chi connectivity index (χ3n) is 4.43. The summed E-state index contributed by atoms with van der Waals surface area (Å²) in [5, 5.41) is 34.7. The maximum atomic E-state index is 12.4. The van der Waals surface area contributed by atoms with Crippen molar-refractivity contribution < 1.29 is 9.90 Å². The zero-order valence-corrected chi connectivity index (χ0v) is 16.1. The summed E-state index contributed by atoms with van der Waals surface area (Å²) in [5.74, 6) is -0.666. The third kappa shape index (κ3) is 3.78. The lowest BCUT2D eigenvalue weighted by Gasteiger charge is -2.14. The molecule has 0 fully saturated rings. The van der Waals surface area contributed by atoms with Crippen molar-refractivity contribution in [2.45, 2.75) is 45.6 Å². The number of fused-ring (bicyclic) bond motifs is 1. The fourth-order valence-electron chi connectivity index (χ4n) is 2.87. The molecular weight excluding hydrogens is 356 g/mol. The van der Waals surface area contributed by atoms with Crippen molar-refractivity contribution >= 4 is 22.5 Å². The Labute approximate surface area is 162 Å². The Balaban J connectivity index is 1.91. The van der Waals surface area contributed by atoms with Gasteiger partial charge in [0.2, 0.25) is 5.88 Å². The highest BCUT2D eigenvalue weighted by Crippen LogP contribution is 2.39. The summed E-state index contributed by atoms with van der Waals surface area (Å²) in [6, 6.07) is 11.1. The largest absolute Gasteiger partial charge is 0.493 e. The van der Waals surface area contributed by atoms with Crippen LogP contribution in [0.2, 0.25) is 0 Å². The van der Waals surface area contributed by atoms with Crippen LogP contribution < -0.4 is 0 Å². The molecule has 0 unspecified atom stereocenters. The van der Waals surface area contributed by atoms with Crippen LogP contribution in [0.5, 0.6) is 5.88 Å². The number of benzene rings is 1. The lowest BCUT2D eigenvalue weighted by molar-refractivity contribution is 0.0990. The number of carbonyl (C=O) groups excluding carboxylic acids is 1. The van der Waals surface area contributed by atoms with Gasteiger partial charge in [-0.3, -0.25) is 9.89 Å². The summed E-state index contributed by atoms with van der Waals surface area (Å²) in [7, 11) is 0. The number of amides is 1. The van der Waals surface area contributed by atoms with E-state index in [4.69, 9.17) is 5.26 Å². The average molecular weight is 378 g/mol. The normalized spacial score (nSPS) is 11.9. The SMILES string of the molecule is CC(C)(C)c1cc(C(=O)N=Nc2c(O)n(CCCC#N)c3ccccc23)n[nH]1. The van der Waals surface area contributed by atoms with Gasteiger partial charge >= 0.3 is 5.91 Å². The summed E-state index contributed by atoms with van der Waals surface area (Å²) in [6.45, 7) is 6.50. The maximum Gasteiger partial charge on any atom is 0.315 e. The van der Waals surface area contributed by atoms with Crippen molar-refractivity contribution in [3.63, 3.8) is 0 Å². The smallest absolute Gasteiger partial charge is 0.315 e. The number of azo groups is 1. The molecule has 0 aliphatic heterocycles. The van der Waals surface area contributed by atoms with Gasteiger partial charge < -0.3 is 9.67 Å². The number of nitrogens with zero attached hydrogens (tertiary/aromatic N) is 5. The van der Waals surface area contributed by atoms with E-state index in [9.17, 15) is 9.90 Å². The standard InChI is InChI=1S/C20H22N6O2/c1-20(2,3)16-12-14(22-23-16)18(27)25-24-17-13-8-4-5-9-15(13)26(19(17)28)11-7-6-10-21/h4-5,8-9,12,28H,6-7,11H2,1-3H3,(H,22,23). The highest BCUT2D eigenvalue weighted by atomic mass is 16.3. The van der Waals surface area contributed by atoms with E-state index < -0.39 is 5.91 Å². The van der Waals surface area contributed by atoms with E-state index in [2.05, 4.69) is 26.5 Å². The third-order valence-corrected chi connectivity index (χ3v) is 4.43. The van der Waals surface area contributed by atoms with Crippen LogP contribution in [0.4, 0.5) is 5.69 Å². The molecule has 8 heteroatoms. The number of H-pyrrole nitrogens is 1. The number of rotatable bonds is 5. The van der Waals surface area contributed by atoms with Gasteiger partial charge in [-0.25, -0.2) is 0 Å². The topological polar surface area (TPSA) is 119 Å². The van der Waals surface area contributed by atoms with Crippen LogP contribution in [0.15, 0.2) is 40.6 Å². The van der Waals surface area contributed by atoms with Gasteiger partial charge in [0.1, 0.15) is 0 Å². The molecule has 2 N–H and O–H groups in total. The highest BCUT2D eigenvalue weighted by Gasteiger charge is 2.20. The molecule has 28 heavy (non-hydrogen) atoms. The zero-order chi connectivity index (χ0) is 20.3. The van der Waals surface area contributed by atoms with Crippen LogP contribution in [0, 0.1) is 11.3 Å². The molecule has 0 spiro atoms. The van der Waals surface area contributed by atoms with Gasteiger partial charge in [-0.15, -0.1) is 10.2 Å². The van der Waals surface area contributed by atoms with E-state index in [-0.39, 0.29) is 22.7 Å². The summed E-state index contributed by atoms with van der Waals surface area (Å²) < 4.78 is 1.68. The molecule has 3 aromatic rings. The number of nitriles is 1. The second-order valence-electron chi connectivity index (χ2n) is 7.52. The number of hydrogen-bond donors (Lipinski definition) is 2. The van der Waals surface area contributed by atoms with Crippen molar-refractivity contribution in [1.29, 1.82) is 5.26 Å². The van der Waals surface area contributed by atoms with Crippen LogP contribution in [0.25, 0.3) is 10.9 Å². The molecule has 1 aromatic carbocycles. The van der Waals surface area contributed by atoms with Crippen molar-refractivity contribution in [2.24, 2.45) is 10.2 Å². The maximum absolute atomic E-state index is 12.4. The Kier molecular flexibility index (Phi) is 5.27. The van der Waals surface area contributed by atoms with Crippen molar-refractivity contribution in [3.8, 4) is 11.9 Å². The molecule has 0 saturated heterocycles. The first-order chi connectivity index (χ1) is 13.3. The minimum Gasteiger partial charge on any atom is -0.493 e. The first-order valence-electron chi connectivity index (χ1n) is 9.02. The van der Waals surface area contributed by atoms with E-state index in [1.165, 1.54) is 0 Å². The average Bonchev–Trinajstić information content (AvgIpc) is 3.25. The summed E-state index contributed by atoms with van der Waals surface area (Å²) >= 11 is 0. The van der Waals surface area contributed by atoms with Gasteiger partial charge in [0, 0.05) is 29.5 Å². The molecule has 0 atom stereocenters. The molecule has 0 aliphatic carbocycles. The van der Waals surface area contributed by atoms with Crippen LogP contribution in [0.3, 0.4) is 0 Å². The van der Waals surface area contributed by atoms with Crippen LogP contribution in [-0.4, -0.2) is 25.8 Å². The number of aromatic hydroxyl groups is 1. The lowest BCUT2D eigenvalue weighted by Crippen LogP contribution is -2.11. The van der Waals surface area contributed by atoms with E-state index >= 15 is 0 Å². The molecule has 2 heterocycles. The second-order valence-corrected chi connectivity index (χ2v) is 7.52. The summed E-state index contributed by atoms with van der Waals surface area (Å²) in [5.41, 5.74) is 1.83. The predicted molar refractivity (Wildman–Crippen MR) is 105 cm³/mol. The van der Waals surface area contributed by atoms with E-state index in [0.717, 1.165) is 11.2 Å². The molecule has 0 aliphatic rings. The Bertz CT molecular complexity index is 1080. The molecule has 0 bridgehead atoms. The molecular formula is C20H22N6O2. The number of aromatic nitrogens is 3. The van der Waals surface area contributed by atoms with Crippen LogP contribution in [0.1, 0.15) is 49.8 Å². The Hall–Kier alpha value is -3.47. The molecule has 0 radical (unpaired) electrons. The molecule has 3 rings (SSSR count). The number of unbranched alkanes of at least 4 members (excludes halogenated alkanes) is 1. The van der Waals surface area contributed by atoms with Gasteiger partial charge in [0.25, 0.3) is 0 Å².